The van der Waals surface area contributed by atoms with Gasteiger partial charge >= 0.3 is 0 Å². The van der Waals surface area contributed by atoms with Crippen molar-refractivity contribution in [1.82, 2.24) is 0 Å². The SMILES string of the molecule is [CH-]=CC(=[C-]c1ccccc1)C1CCCCC1.[Y]. The van der Waals surface area contributed by atoms with E-state index in [1.165, 1.54) is 37.7 Å². The summed E-state index contributed by atoms with van der Waals surface area (Å²) in [6.07, 6.45) is 11.7. The van der Waals surface area contributed by atoms with Crippen LogP contribution in [-0.2, 0) is 32.7 Å². The van der Waals surface area contributed by atoms with Gasteiger partial charge in [-0.05, 0) is 0 Å². The van der Waals surface area contributed by atoms with Crippen LogP contribution < -0.4 is 0 Å². The number of hydrogen-bond donors (Lipinski definition) is 0. The van der Waals surface area contributed by atoms with Gasteiger partial charge in [0.2, 0.25) is 0 Å². The van der Waals surface area contributed by atoms with E-state index in [1.807, 2.05) is 18.2 Å². The van der Waals surface area contributed by atoms with Crippen LogP contribution in [0.3, 0.4) is 0 Å². The molecule has 0 atom stereocenters. The summed E-state index contributed by atoms with van der Waals surface area (Å²) in [6, 6.07) is 10.3. The van der Waals surface area contributed by atoms with Gasteiger partial charge in [0.1, 0.15) is 0 Å². The Bertz CT molecular complexity index is 358. The number of benzene rings is 1. The fourth-order valence-corrected chi connectivity index (χ4v) is 2.38. The Kier molecular flexibility index (Phi) is 7.00. The zero-order valence-electron chi connectivity index (χ0n) is 10.2. The summed E-state index contributed by atoms with van der Waals surface area (Å²) in [7, 11) is 0. The molecule has 0 saturated heterocycles. The van der Waals surface area contributed by atoms with E-state index in [-0.39, 0.29) is 32.7 Å². The van der Waals surface area contributed by atoms with Crippen molar-refractivity contribution in [3.05, 3.63) is 60.2 Å². The summed E-state index contributed by atoms with van der Waals surface area (Å²) in [6.45, 7) is 5.73. The maximum Gasteiger partial charge on any atom is 0 e. The largest absolute Gasteiger partial charge is 0.344 e. The predicted octanol–water partition coefficient (Wildman–Crippen LogP) is 4.33. The van der Waals surface area contributed by atoms with Crippen LogP contribution in [0.5, 0.6) is 0 Å². The van der Waals surface area contributed by atoms with Crippen LogP contribution in [0.25, 0.3) is 0 Å². The second-order valence-electron chi connectivity index (χ2n) is 4.45. The quantitative estimate of drug-likeness (QED) is 0.575. The maximum atomic E-state index is 5.73. The first kappa shape index (κ1) is 14.9. The van der Waals surface area contributed by atoms with Gasteiger partial charge in [-0.3, -0.25) is 5.57 Å². The molecule has 0 amide bonds. The molecule has 0 N–H and O–H groups in total. The van der Waals surface area contributed by atoms with Crippen LogP contribution >= 0.6 is 0 Å². The third-order valence-electron chi connectivity index (χ3n) is 3.29. The van der Waals surface area contributed by atoms with Crippen molar-refractivity contribution in [3.63, 3.8) is 0 Å². The summed E-state index contributed by atoms with van der Waals surface area (Å²) in [5.74, 6) is 0.624. The van der Waals surface area contributed by atoms with Crippen molar-refractivity contribution in [2.45, 2.75) is 32.1 Å². The molecule has 17 heavy (non-hydrogen) atoms. The molecule has 1 heteroatoms. The van der Waals surface area contributed by atoms with Crippen LogP contribution in [0.1, 0.15) is 37.7 Å². The standard InChI is InChI=1S/C16H18.Y/c1-2-15(16-11-7-4-8-12-16)13-14-9-5-3-6-10-14;/h1-3,5-6,9-10,16H,4,7-8,11-12H2;/q-2;. The normalized spacial score (nSPS) is 17.3. The van der Waals surface area contributed by atoms with E-state index in [2.05, 4.69) is 18.2 Å². The second-order valence-corrected chi connectivity index (χ2v) is 4.45. The van der Waals surface area contributed by atoms with E-state index in [9.17, 15) is 0 Å². The molecule has 0 heterocycles. The van der Waals surface area contributed by atoms with Crippen LogP contribution in [0.2, 0.25) is 0 Å². The molecule has 1 aromatic carbocycles. The molecule has 1 fully saturated rings. The summed E-state index contributed by atoms with van der Waals surface area (Å²) in [5.41, 5.74) is 2.32. The maximum absolute atomic E-state index is 5.73. The molecule has 0 spiro atoms. The van der Waals surface area contributed by atoms with Crippen molar-refractivity contribution in [2.75, 3.05) is 0 Å². The molecular formula is C16H18Y-2. The Labute approximate surface area is 130 Å². The van der Waals surface area contributed by atoms with Gasteiger partial charge in [-0.1, -0.05) is 44.1 Å². The van der Waals surface area contributed by atoms with Gasteiger partial charge in [0.15, 0.2) is 0 Å². The predicted molar refractivity (Wildman–Crippen MR) is 67.7 cm³/mol. The minimum absolute atomic E-state index is 0. The van der Waals surface area contributed by atoms with Gasteiger partial charge in [-0.2, -0.15) is 5.56 Å². The van der Waals surface area contributed by atoms with Gasteiger partial charge in [-0.25, -0.2) is 6.08 Å². The van der Waals surface area contributed by atoms with Crippen molar-refractivity contribution < 1.29 is 32.7 Å². The van der Waals surface area contributed by atoms with Crippen molar-refractivity contribution in [1.29, 1.82) is 0 Å². The van der Waals surface area contributed by atoms with Crippen LogP contribution in [-0.4, -0.2) is 0 Å². The number of allylic oxidation sites excluding steroid dienone is 2. The number of rotatable bonds is 3. The summed E-state index contributed by atoms with van der Waals surface area (Å²) in [4.78, 5) is 0. The topological polar surface area (TPSA) is 0 Å². The molecule has 0 aromatic heterocycles. The molecule has 1 radical (unpaired) electrons. The molecule has 1 aliphatic carbocycles. The Morgan fingerprint density at radius 2 is 1.76 bits per heavy atom. The van der Waals surface area contributed by atoms with Gasteiger partial charge in [0.25, 0.3) is 0 Å². The summed E-state index contributed by atoms with van der Waals surface area (Å²) < 4.78 is 0. The number of hydrogen-bond acceptors (Lipinski definition) is 0. The molecular weight excluding hydrogens is 281 g/mol. The third kappa shape index (κ3) is 4.52. The van der Waals surface area contributed by atoms with Crippen LogP contribution in [0.15, 0.2) is 42.0 Å². The molecule has 2 rings (SSSR count). The van der Waals surface area contributed by atoms with Crippen molar-refractivity contribution in [2.24, 2.45) is 5.92 Å². The molecule has 0 aliphatic heterocycles. The molecule has 1 aromatic rings. The van der Waals surface area contributed by atoms with Gasteiger partial charge < -0.3 is 12.7 Å². The Hall–Kier alpha value is -0.196. The smallest absolute Gasteiger partial charge is 0 e. The van der Waals surface area contributed by atoms with E-state index < -0.39 is 0 Å². The minimum Gasteiger partial charge on any atom is -0.344 e. The van der Waals surface area contributed by atoms with Gasteiger partial charge in [0, 0.05) is 32.7 Å². The fourth-order valence-electron chi connectivity index (χ4n) is 2.38. The molecule has 0 bridgehead atoms. The summed E-state index contributed by atoms with van der Waals surface area (Å²) in [5, 5.41) is 0. The van der Waals surface area contributed by atoms with E-state index in [1.54, 1.807) is 6.08 Å². The molecule has 1 aliphatic rings. The molecule has 1 saturated carbocycles. The first-order valence-electron chi connectivity index (χ1n) is 6.14. The van der Waals surface area contributed by atoms with E-state index >= 15 is 0 Å². The first-order valence-corrected chi connectivity index (χ1v) is 6.14. The molecule has 0 unspecified atom stereocenters. The zero-order chi connectivity index (χ0) is 11.2. The van der Waals surface area contributed by atoms with Crippen molar-refractivity contribution >= 4 is 0 Å². The average Bonchev–Trinajstić information content (AvgIpc) is 2.38. The monoisotopic (exact) mass is 299 g/mol. The zero-order valence-corrected chi connectivity index (χ0v) is 13.1. The Morgan fingerprint density at radius 3 is 2.35 bits per heavy atom. The average molecular weight is 299 g/mol. The molecule has 87 valence electrons. The van der Waals surface area contributed by atoms with E-state index in [0.717, 1.165) is 5.56 Å². The fraction of sp³-hybridized carbons (Fsp3) is 0.375. The third-order valence-corrected chi connectivity index (χ3v) is 3.29. The minimum atomic E-state index is 0. The van der Waals surface area contributed by atoms with Gasteiger partial charge in [0.05, 0.1) is 0 Å². The van der Waals surface area contributed by atoms with Crippen LogP contribution in [0.4, 0.5) is 0 Å². The van der Waals surface area contributed by atoms with E-state index in [4.69, 9.17) is 6.58 Å². The van der Waals surface area contributed by atoms with E-state index in [0.29, 0.717) is 5.92 Å². The van der Waals surface area contributed by atoms with Gasteiger partial charge in [-0.15, -0.1) is 24.3 Å². The second kappa shape index (κ2) is 8.00. The Morgan fingerprint density at radius 1 is 1.12 bits per heavy atom. The van der Waals surface area contributed by atoms with Crippen molar-refractivity contribution in [3.8, 4) is 0 Å². The molecule has 0 nitrogen and oxygen atoms in total. The first-order chi connectivity index (χ1) is 7.90. The Balaban J connectivity index is 0.00000144. The van der Waals surface area contributed by atoms with Crippen LogP contribution in [0, 0.1) is 18.6 Å². The summed E-state index contributed by atoms with van der Waals surface area (Å²) >= 11 is 0.